The molecule has 1 amide bonds. The lowest BCUT2D eigenvalue weighted by atomic mass is 9.96. The average molecular weight is 553 g/mol. The Morgan fingerprint density at radius 2 is 1.59 bits per heavy atom. The van der Waals surface area contributed by atoms with E-state index in [1.54, 1.807) is 12.1 Å². The number of amides is 1. The van der Waals surface area contributed by atoms with Crippen LogP contribution in [0.4, 0.5) is 5.69 Å². The van der Waals surface area contributed by atoms with Crippen LogP contribution in [0.3, 0.4) is 0 Å². The van der Waals surface area contributed by atoms with Gasteiger partial charge in [0.15, 0.2) is 0 Å². The van der Waals surface area contributed by atoms with Crippen molar-refractivity contribution in [1.82, 2.24) is 4.31 Å². The molecule has 2 aliphatic heterocycles. The molecule has 3 aromatic carbocycles. The quantitative estimate of drug-likeness (QED) is 0.458. The maximum atomic E-state index is 13.8. The van der Waals surface area contributed by atoms with Crippen LogP contribution < -0.4 is 10.1 Å². The van der Waals surface area contributed by atoms with Gasteiger partial charge in [0.2, 0.25) is 15.9 Å². The van der Waals surface area contributed by atoms with Gasteiger partial charge < -0.3 is 24.6 Å². The number of β-amino-alcohol motifs (C(OH)–C–C–N with tert-alkyl or cyclic N) is 1. The largest absolute Gasteiger partial charge is 0.457 e. The third kappa shape index (κ3) is 6.84. The van der Waals surface area contributed by atoms with Gasteiger partial charge in [-0.05, 0) is 61.4 Å². The molecule has 5 rings (SSSR count). The Kier molecular flexibility index (Phi) is 8.59. The number of aliphatic hydroxyl groups is 1. The predicted molar refractivity (Wildman–Crippen MR) is 145 cm³/mol. The highest BCUT2D eigenvalue weighted by atomic mass is 32.2. The number of benzene rings is 3. The maximum absolute atomic E-state index is 13.8. The van der Waals surface area contributed by atoms with E-state index in [4.69, 9.17) is 14.2 Å². The fraction of sp³-hybridized carbons (Fsp3) is 0.345. The lowest BCUT2D eigenvalue weighted by Gasteiger charge is -2.43. The van der Waals surface area contributed by atoms with Gasteiger partial charge in [-0.2, -0.15) is 4.31 Å². The van der Waals surface area contributed by atoms with E-state index in [-0.39, 0.29) is 43.1 Å². The first kappa shape index (κ1) is 27.3. The molecule has 0 unspecified atom stereocenters. The molecule has 0 spiro atoms. The van der Waals surface area contributed by atoms with Crippen molar-refractivity contribution in [3.63, 3.8) is 0 Å². The minimum Gasteiger partial charge on any atom is -0.457 e. The molecule has 2 fully saturated rings. The summed E-state index contributed by atoms with van der Waals surface area (Å²) in [5, 5.41) is 13.3. The van der Waals surface area contributed by atoms with Gasteiger partial charge in [-0.15, -0.1) is 0 Å². The van der Waals surface area contributed by atoms with Crippen LogP contribution >= 0.6 is 0 Å². The zero-order valence-electron chi connectivity index (χ0n) is 21.4. The Morgan fingerprint density at radius 3 is 2.31 bits per heavy atom. The Bertz CT molecular complexity index is 1340. The normalized spacial score (nSPS) is 24.1. The number of hydrogen-bond donors (Lipinski definition) is 2. The topological polar surface area (TPSA) is 114 Å². The Balaban J connectivity index is 1.29. The molecular weight excluding hydrogens is 520 g/mol. The number of fused-ring (bicyclic) bond motifs is 1. The molecule has 0 saturated carbocycles. The number of hydrogen-bond acceptors (Lipinski definition) is 7. The van der Waals surface area contributed by atoms with E-state index in [0.29, 0.717) is 30.0 Å². The van der Waals surface area contributed by atoms with Crippen LogP contribution in [0.25, 0.3) is 0 Å². The number of ether oxygens (including phenoxy) is 3. The molecule has 9 nitrogen and oxygen atoms in total. The van der Waals surface area contributed by atoms with Gasteiger partial charge >= 0.3 is 0 Å². The van der Waals surface area contributed by atoms with Gasteiger partial charge in [0.25, 0.3) is 0 Å². The number of nitrogens with zero attached hydrogens (tertiary/aromatic N) is 1. The van der Waals surface area contributed by atoms with Crippen molar-refractivity contribution in [2.75, 3.05) is 25.1 Å². The second-order valence-corrected chi connectivity index (χ2v) is 11.6. The Labute approximate surface area is 228 Å². The maximum Gasteiger partial charge on any atom is 0.243 e. The lowest BCUT2D eigenvalue weighted by Crippen LogP contribution is -2.57. The molecule has 0 aliphatic carbocycles. The van der Waals surface area contributed by atoms with Crippen molar-refractivity contribution in [2.24, 2.45) is 0 Å². The van der Waals surface area contributed by atoms with Crippen LogP contribution in [0.2, 0.25) is 0 Å². The first-order valence-electron chi connectivity index (χ1n) is 13.0. The summed E-state index contributed by atoms with van der Waals surface area (Å²) in [7, 11) is -3.97. The zero-order chi connectivity index (χ0) is 27.2. The highest BCUT2D eigenvalue weighted by Gasteiger charge is 2.43. The number of anilines is 1. The average Bonchev–Trinajstić information content (AvgIpc) is 2.92. The van der Waals surface area contributed by atoms with E-state index < -0.39 is 28.3 Å². The van der Waals surface area contributed by atoms with Crippen molar-refractivity contribution < 1.29 is 32.5 Å². The summed E-state index contributed by atoms with van der Waals surface area (Å²) in [4.78, 5) is 12.7. The summed E-state index contributed by atoms with van der Waals surface area (Å²) in [6.45, 7) is -0.00962. The van der Waals surface area contributed by atoms with Crippen LogP contribution in [0.1, 0.15) is 19.3 Å². The first-order valence-corrected chi connectivity index (χ1v) is 14.4. The molecule has 2 aliphatic rings. The van der Waals surface area contributed by atoms with E-state index in [9.17, 15) is 18.3 Å². The van der Waals surface area contributed by atoms with Crippen LogP contribution in [0.15, 0.2) is 89.8 Å². The van der Waals surface area contributed by atoms with E-state index in [2.05, 4.69) is 5.32 Å². The summed E-state index contributed by atoms with van der Waals surface area (Å²) < 4.78 is 46.6. The molecule has 0 radical (unpaired) electrons. The fourth-order valence-corrected chi connectivity index (χ4v) is 6.67. The highest BCUT2D eigenvalue weighted by Crippen LogP contribution is 2.32. The van der Waals surface area contributed by atoms with E-state index >= 15 is 0 Å². The number of sulfonamides is 1. The monoisotopic (exact) mass is 552 g/mol. The summed E-state index contributed by atoms with van der Waals surface area (Å²) in [6, 6.07) is 24.1. The first-order chi connectivity index (χ1) is 18.9. The third-order valence-corrected chi connectivity index (χ3v) is 8.72. The molecule has 4 atom stereocenters. The predicted octanol–water partition coefficient (Wildman–Crippen LogP) is 3.81. The van der Waals surface area contributed by atoms with E-state index in [1.165, 1.54) is 16.4 Å². The Hall–Kier alpha value is -3.28. The third-order valence-electron chi connectivity index (χ3n) is 6.81. The molecule has 3 aromatic rings. The van der Waals surface area contributed by atoms with Gasteiger partial charge in [0.1, 0.15) is 11.5 Å². The summed E-state index contributed by atoms with van der Waals surface area (Å²) in [6.07, 6.45) is -0.807. The van der Waals surface area contributed by atoms with Crippen molar-refractivity contribution >= 4 is 21.6 Å². The number of carbonyl (C=O) groups is 1. The number of aliphatic hydroxyl groups excluding tert-OH is 1. The van der Waals surface area contributed by atoms with Gasteiger partial charge in [-0.3, -0.25) is 4.79 Å². The van der Waals surface area contributed by atoms with Crippen LogP contribution in [0.5, 0.6) is 11.5 Å². The lowest BCUT2D eigenvalue weighted by molar-refractivity contribution is -0.144. The second-order valence-electron chi connectivity index (χ2n) is 9.71. The molecule has 2 saturated heterocycles. The zero-order valence-corrected chi connectivity index (χ0v) is 22.2. The van der Waals surface area contributed by atoms with Crippen molar-refractivity contribution in [3.8, 4) is 11.5 Å². The highest BCUT2D eigenvalue weighted by molar-refractivity contribution is 7.89. The number of nitrogens with one attached hydrogen (secondary N) is 1. The number of para-hydroxylation sites is 2. The molecule has 0 bridgehead atoms. The van der Waals surface area contributed by atoms with Gasteiger partial charge in [-0.25, -0.2) is 8.42 Å². The fourth-order valence-electron chi connectivity index (χ4n) is 4.95. The van der Waals surface area contributed by atoms with E-state index in [1.807, 2.05) is 60.7 Å². The molecule has 2 N–H and O–H groups in total. The minimum atomic E-state index is -3.97. The molecule has 2 heterocycles. The second kappa shape index (κ2) is 12.3. The molecule has 10 heteroatoms. The van der Waals surface area contributed by atoms with Crippen molar-refractivity contribution in [2.45, 2.75) is 48.5 Å². The van der Waals surface area contributed by atoms with E-state index in [0.717, 1.165) is 0 Å². The van der Waals surface area contributed by atoms with Crippen molar-refractivity contribution in [3.05, 3.63) is 84.9 Å². The van der Waals surface area contributed by atoms with Crippen molar-refractivity contribution in [1.29, 1.82) is 0 Å². The minimum absolute atomic E-state index is 0.0123. The van der Waals surface area contributed by atoms with Gasteiger partial charge in [0, 0.05) is 12.2 Å². The molecule has 39 heavy (non-hydrogen) atoms. The summed E-state index contributed by atoms with van der Waals surface area (Å²) in [5.74, 6) is 0.986. The summed E-state index contributed by atoms with van der Waals surface area (Å²) in [5.41, 5.74) is 0.705. The molecule has 0 aromatic heterocycles. The Morgan fingerprint density at radius 1 is 0.923 bits per heavy atom. The van der Waals surface area contributed by atoms with Gasteiger partial charge in [-0.1, -0.05) is 36.4 Å². The van der Waals surface area contributed by atoms with Gasteiger partial charge in [0.05, 0.1) is 48.9 Å². The SMILES string of the molecule is O=C(C[C@H]1CC[C@H]2[C@@H](COC[C@@H](O)CN2S(=O)(=O)c2ccc(Oc3ccccc3)cc2)O1)Nc1ccccc1. The summed E-state index contributed by atoms with van der Waals surface area (Å²) >= 11 is 0. The van der Waals surface area contributed by atoms with Crippen LogP contribution in [0, 0.1) is 0 Å². The standard InChI is InChI=1S/C29H32N2O7S/c32-22-18-31(39(34,35)26-14-11-24(12-15-26)37-23-9-5-2-6-10-23)27-16-13-25(38-28(27)20-36-19-22)17-29(33)30-21-7-3-1-4-8-21/h1-12,14-15,22,25,27-28,32H,13,16-20H2,(H,30,33)/t22-,25+,27-,28+/m0/s1. The van der Waals surface area contributed by atoms with Crippen LogP contribution in [-0.2, 0) is 24.3 Å². The van der Waals surface area contributed by atoms with Crippen LogP contribution in [-0.4, -0.2) is 67.8 Å². The molecular formula is C29H32N2O7S. The smallest absolute Gasteiger partial charge is 0.243 e. The molecule has 206 valence electrons. The number of carbonyl (C=O) groups excluding carboxylic acids is 1. The number of rotatable bonds is 7.